The van der Waals surface area contributed by atoms with Crippen LogP contribution >= 0.6 is 0 Å². The maximum atomic E-state index is 11.9. The summed E-state index contributed by atoms with van der Waals surface area (Å²) in [5, 5.41) is 0. The van der Waals surface area contributed by atoms with E-state index < -0.39 is 23.1 Å². The van der Waals surface area contributed by atoms with Gasteiger partial charge < -0.3 is 4.55 Å². The number of aryl methyl sites for hydroxylation is 1. The molecule has 5 heteroatoms. The zero-order chi connectivity index (χ0) is 10.8. The van der Waals surface area contributed by atoms with E-state index in [0.29, 0.717) is 5.56 Å². The molecule has 1 atom stereocenters. The zero-order valence-electron chi connectivity index (χ0n) is 7.39. The van der Waals surface area contributed by atoms with Crippen LogP contribution in [-0.4, -0.2) is 16.5 Å². The lowest BCUT2D eigenvalue weighted by atomic mass is 10.2. The lowest BCUT2D eigenvalue weighted by Crippen LogP contribution is -2.23. The molecule has 1 rings (SSSR count). The summed E-state index contributed by atoms with van der Waals surface area (Å²) in [5.41, 5.74) is 0.589. The smallest absolute Gasteiger partial charge is 0.433 e. The van der Waals surface area contributed by atoms with Crippen molar-refractivity contribution >= 4 is 11.2 Å². The molecule has 14 heavy (non-hydrogen) atoms. The molecule has 1 aromatic carbocycles. The van der Waals surface area contributed by atoms with Gasteiger partial charge in [0.05, 0.1) is 0 Å². The standard InChI is InChI=1S/C9H8F3OS/c1-7-4-2-3-5-8(7)14(13)6-9(10,11)12/h2,4-5H,6H2,1H3. The maximum absolute atomic E-state index is 11.9. The van der Waals surface area contributed by atoms with Crippen LogP contribution in [0.5, 0.6) is 0 Å². The first kappa shape index (κ1) is 11.4. The Morgan fingerprint density at radius 1 is 1.50 bits per heavy atom. The Bertz CT molecular complexity index is 311. The molecular formula is C9H8F3OS. The lowest BCUT2D eigenvalue weighted by Gasteiger charge is -2.13. The zero-order valence-corrected chi connectivity index (χ0v) is 8.21. The molecule has 0 aliphatic rings. The van der Waals surface area contributed by atoms with Crippen LogP contribution in [-0.2, 0) is 11.2 Å². The Balaban J connectivity index is 2.80. The number of hydrogen-bond donors (Lipinski definition) is 0. The minimum Gasteiger partial charge on any atom is -0.611 e. The molecule has 0 aliphatic carbocycles. The SMILES string of the molecule is Cc1cc[c]cc1[S+]([O-])CC(F)(F)F. The van der Waals surface area contributed by atoms with Gasteiger partial charge in [0.15, 0.2) is 4.90 Å². The second-order valence-corrected chi connectivity index (χ2v) is 4.22. The summed E-state index contributed by atoms with van der Waals surface area (Å²) in [5.74, 6) is -1.30. The molecule has 77 valence electrons. The highest BCUT2D eigenvalue weighted by Gasteiger charge is 2.35. The molecule has 1 radical (unpaired) electrons. The second-order valence-electron chi connectivity index (χ2n) is 2.80. The molecule has 0 saturated heterocycles. The number of alkyl halides is 3. The highest BCUT2D eigenvalue weighted by molar-refractivity contribution is 7.91. The highest BCUT2D eigenvalue weighted by atomic mass is 32.2. The fourth-order valence-corrected chi connectivity index (χ4v) is 2.04. The third-order valence-electron chi connectivity index (χ3n) is 1.57. The molecule has 0 aliphatic heterocycles. The molecule has 1 unspecified atom stereocenters. The minimum atomic E-state index is -4.40. The van der Waals surface area contributed by atoms with Gasteiger partial charge in [0.2, 0.25) is 5.75 Å². The average molecular weight is 221 g/mol. The van der Waals surface area contributed by atoms with Gasteiger partial charge in [-0.05, 0) is 24.2 Å². The number of halogens is 3. The van der Waals surface area contributed by atoms with Crippen molar-refractivity contribution in [2.45, 2.75) is 18.0 Å². The molecule has 0 spiro atoms. The highest BCUT2D eigenvalue weighted by Crippen LogP contribution is 2.23. The van der Waals surface area contributed by atoms with E-state index in [1.54, 1.807) is 19.1 Å². The van der Waals surface area contributed by atoms with E-state index in [1.807, 2.05) is 0 Å². The Kier molecular flexibility index (Phi) is 3.44. The topological polar surface area (TPSA) is 23.1 Å². The maximum Gasteiger partial charge on any atom is 0.433 e. The molecule has 0 aromatic heterocycles. The molecule has 0 bridgehead atoms. The first-order chi connectivity index (χ1) is 6.40. The van der Waals surface area contributed by atoms with Gasteiger partial charge in [0, 0.05) is 11.6 Å². The largest absolute Gasteiger partial charge is 0.611 e. The summed E-state index contributed by atoms with van der Waals surface area (Å²) >= 11 is -2.02. The minimum absolute atomic E-state index is 0.199. The molecular weight excluding hydrogens is 213 g/mol. The van der Waals surface area contributed by atoms with Crippen molar-refractivity contribution in [3.05, 3.63) is 29.8 Å². The fraction of sp³-hybridized carbons (Fsp3) is 0.333. The first-order valence-corrected chi connectivity index (χ1v) is 5.14. The van der Waals surface area contributed by atoms with Crippen molar-refractivity contribution in [3.8, 4) is 0 Å². The van der Waals surface area contributed by atoms with Crippen LogP contribution in [0, 0.1) is 13.0 Å². The first-order valence-electron chi connectivity index (χ1n) is 3.82. The molecule has 1 aromatic rings. The van der Waals surface area contributed by atoms with Crippen LogP contribution < -0.4 is 0 Å². The van der Waals surface area contributed by atoms with Crippen molar-refractivity contribution < 1.29 is 17.7 Å². The van der Waals surface area contributed by atoms with Crippen molar-refractivity contribution in [1.82, 2.24) is 0 Å². The van der Waals surface area contributed by atoms with E-state index in [1.165, 1.54) is 6.07 Å². The lowest BCUT2D eigenvalue weighted by molar-refractivity contribution is -0.106. The Hall–Kier alpha value is -0.680. The van der Waals surface area contributed by atoms with Gasteiger partial charge in [-0.1, -0.05) is 12.1 Å². The van der Waals surface area contributed by atoms with Crippen LogP contribution in [0.2, 0.25) is 0 Å². The van der Waals surface area contributed by atoms with Gasteiger partial charge in [-0.25, -0.2) is 0 Å². The molecule has 0 heterocycles. The van der Waals surface area contributed by atoms with E-state index in [-0.39, 0.29) is 4.90 Å². The van der Waals surface area contributed by atoms with Crippen molar-refractivity contribution in [1.29, 1.82) is 0 Å². The van der Waals surface area contributed by atoms with E-state index >= 15 is 0 Å². The Labute approximate surface area is 83.1 Å². The monoisotopic (exact) mass is 221 g/mol. The van der Waals surface area contributed by atoms with Crippen LogP contribution in [0.3, 0.4) is 0 Å². The van der Waals surface area contributed by atoms with Crippen LogP contribution in [0.1, 0.15) is 5.56 Å². The molecule has 0 amide bonds. The quantitative estimate of drug-likeness (QED) is 0.703. The van der Waals surface area contributed by atoms with E-state index in [2.05, 4.69) is 6.07 Å². The van der Waals surface area contributed by atoms with Crippen LogP contribution in [0.4, 0.5) is 13.2 Å². The van der Waals surface area contributed by atoms with Gasteiger partial charge >= 0.3 is 6.18 Å². The van der Waals surface area contributed by atoms with Gasteiger partial charge in [0.1, 0.15) is 0 Å². The molecule has 1 nitrogen and oxygen atoms in total. The fourth-order valence-electron chi connectivity index (χ4n) is 0.965. The van der Waals surface area contributed by atoms with Crippen molar-refractivity contribution in [2.75, 3.05) is 5.75 Å². The summed E-state index contributed by atoms with van der Waals surface area (Å²) in [7, 11) is 0. The molecule has 0 fully saturated rings. The van der Waals surface area contributed by atoms with E-state index in [0.717, 1.165) is 0 Å². The van der Waals surface area contributed by atoms with Crippen molar-refractivity contribution in [2.24, 2.45) is 0 Å². The molecule has 0 N–H and O–H groups in total. The third-order valence-corrected chi connectivity index (χ3v) is 3.09. The van der Waals surface area contributed by atoms with Crippen LogP contribution in [0.25, 0.3) is 0 Å². The summed E-state index contributed by atoms with van der Waals surface area (Å²) in [6, 6.07) is 7.10. The number of rotatable bonds is 2. The summed E-state index contributed by atoms with van der Waals surface area (Å²) in [4.78, 5) is 0.199. The Morgan fingerprint density at radius 3 is 2.64 bits per heavy atom. The predicted octanol–water partition coefficient (Wildman–Crippen LogP) is 2.47. The van der Waals surface area contributed by atoms with Crippen molar-refractivity contribution in [3.63, 3.8) is 0 Å². The van der Waals surface area contributed by atoms with E-state index in [4.69, 9.17) is 0 Å². The third kappa shape index (κ3) is 3.23. The normalized spacial score (nSPS) is 14.1. The predicted molar refractivity (Wildman–Crippen MR) is 47.3 cm³/mol. The van der Waals surface area contributed by atoms with Gasteiger partial charge in [0.25, 0.3) is 0 Å². The van der Waals surface area contributed by atoms with Gasteiger partial charge in [-0.3, -0.25) is 0 Å². The van der Waals surface area contributed by atoms with Gasteiger partial charge in [-0.15, -0.1) is 0 Å². The Morgan fingerprint density at radius 2 is 2.14 bits per heavy atom. The average Bonchev–Trinajstić information content (AvgIpc) is 2.01. The summed E-state index contributed by atoms with van der Waals surface area (Å²) in [6.07, 6.45) is -4.40. The summed E-state index contributed by atoms with van der Waals surface area (Å²) in [6.45, 7) is 1.62. The number of hydrogen-bond acceptors (Lipinski definition) is 1. The van der Waals surface area contributed by atoms with Gasteiger partial charge in [-0.2, -0.15) is 13.2 Å². The van der Waals surface area contributed by atoms with Crippen LogP contribution in [0.15, 0.2) is 23.1 Å². The number of benzene rings is 1. The second kappa shape index (κ2) is 4.23. The summed E-state index contributed by atoms with van der Waals surface area (Å²) < 4.78 is 47.0. The molecule has 0 saturated carbocycles. The van der Waals surface area contributed by atoms with E-state index in [9.17, 15) is 17.7 Å².